The molecule has 0 aliphatic carbocycles. The Labute approximate surface area is 127 Å². The summed E-state index contributed by atoms with van der Waals surface area (Å²) in [5, 5.41) is 12.1. The van der Waals surface area contributed by atoms with Crippen molar-refractivity contribution in [2.24, 2.45) is 7.05 Å². The number of carboxylic acids is 1. The molecular formula is C15H18N2O5. The molecule has 1 amide bonds. The van der Waals surface area contributed by atoms with E-state index in [1.165, 1.54) is 21.1 Å². The summed E-state index contributed by atoms with van der Waals surface area (Å²) in [6.07, 6.45) is 0. The summed E-state index contributed by atoms with van der Waals surface area (Å²) in [5.74, 6) is -0.421. The van der Waals surface area contributed by atoms with Gasteiger partial charge >= 0.3 is 5.97 Å². The van der Waals surface area contributed by atoms with Crippen LogP contribution in [0.15, 0.2) is 18.2 Å². The Kier molecular flexibility index (Phi) is 4.25. The highest BCUT2D eigenvalue weighted by Crippen LogP contribution is 2.33. The van der Waals surface area contributed by atoms with Crippen molar-refractivity contribution in [3.63, 3.8) is 0 Å². The molecule has 1 unspecified atom stereocenters. The van der Waals surface area contributed by atoms with Gasteiger partial charge in [-0.05, 0) is 19.1 Å². The van der Waals surface area contributed by atoms with Crippen molar-refractivity contribution >= 4 is 22.8 Å². The molecule has 0 aliphatic rings. The van der Waals surface area contributed by atoms with Gasteiger partial charge in [0.15, 0.2) is 11.5 Å². The average molecular weight is 306 g/mol. The zero-order valence-electron chi connectivity index (χ0n) is 12.8. The van der Waals surface area contributed by atoms with Crippen molar-refractivity contribution in [3.05, 3.63) is 23.9 Å². The highest BCUT2D eigenvalue weighted by atomic mass is 16.5. The van der Waals surface area contributed by atoms with Crippen molar-refractivity contribution in [2.45, 2.75) is 13.0 Å². The van der Waals surface area contributed by atoms with E-state index in [2.05, 4.69) is 5.32 Å². The second-order valence-electron chi connectivity index (χ2n) is 4.89. The van der Waals surface area contributed by atoms with E-state index in [4.69, 9.17) is 14.6 Å². The molecule has 0 bridgehead atoms. The minimum Gasteiger partial charge on any atom is -0.493 e. The van der Waals surface area contributed by atoms with Crippen molar-refractivity contribution in [3.8, 4) is 11.5 Å². The first kappa shape index (κ1) is 15.7. The van der Waals surface area contributed by atoms with Crippen LogP contribution in [0.5, 0.6) is 11.5 Å². The van der Waals surface area contributed by atoms with Crippen LogP contribution in [-0.4, -0.2) is 41.8 Å². The number of methoxy groups -OCH3 is 2. The molecule has 0 spiro atoms. The van der Waals surface area contributed by atoms with E-state index in [1.807, 2.05) is 0 Å². The molecule has 1 atom stereocenters. The maximum atomic E-state index is 12.2. The van der Waals surface area contributed by atoms with Gasteiger partial charge in [0.05, 0.1) is 19.7 Å². The van der Waals surface area contributed by atoms with Gasteiger partial charge in [-0.15, -0.1) is 0 Å². The number of carbonyl (C=O) groups is 2. The monoisotopic (exact) mass is 306 g/mol. The van der Waals surface area contributed by atoms with E-state index >= 15 is 0 Å². The number of carbonyl (C=O) groups excluding carboxylic acids is 1. The Morgan fingerprint density at radius 2 is 1.77 bits per heavy atom. The van der Waals surface area contributed by atoms with Crippen LogP contribution in [0.25, 0.3) is 10.9 Å². The maximum absolute atomic E-state index is 12.2. The number of ether oxygens (including phenoxy) is 2. The van der Waals surface area contributed by atoms with Gasteiger partial charge in [-0.1, -0.05) is 0 Å². The van der Waals surface area contributed by atoms with Crippen molar-refractivity contribution in [2.75, 3.05) is 14.2 Å². The third-order valence-corrected chi connectivity index (χ3v) is 3.50. The van der Waals surface area contributed by atoms with Crippen LogP contribution < -0.4 is 14.8 Å². The number of amides is 1. The molecule has 2 aromatic rings. The number of aliphatic carboxylic acids is 1. The number of nitrogens with zero attached hydrogens (tertiary/aromatic N) is 1. The SMILES string of the molecule is COc1cc2cc(C(=O)NC(C)C(=O)O)n(C)c2cc1OC. The molecule has 0 saturated heterocycles. The fraction of sp³-hybridized carbons (Fsp3) is 0.333. The minimum atomic E-state index is -1.09. The number of hydrogen-bond acceptors (Lipinski definition) is 4. The molecule has 118 valence electrons. The lowest BCUT2D eigenvalue weighted by Crippen LogP contribution is -2.39. The molecular weight excluding hydrogens is 288 g/mol. The van der Waals surface area contributed by atoms with E-state index in [-0.39, 0.29) is 0 Å². The smallest absolute Gasteiger partial charge is 0.325 e. The number of aryl methyl sites for hydroxylation is 1. The zero-order chi connectivity index (χ0) is 16.4. The van der Waals surface area contributed by atoms with Gasteiger partial charge in [0, 0.05) is 18.5 Å². The highest BCUT2D eigenvalue weighted by Gasteiger charge is 2.20. The molecule has 1 aromatic heterocycles. The Hall–Kier alpha value is -2.70. The topological polar surface area (TPSA) is 89.8 Å². The van der Waals surface area contributed by atoms with Crippen LogP contribution in [0, 0.1) is 0 Å². The third kappa shape index (κ3) is 2.69. The van der Waals surface area contributed by atoms with Gasteiger partial charge in [0.2, 0.25) is 0 Å². The molecule has 0 fully saturated rings. The van der Waals surface area contributed by atoms with E-state index in [0.29, 0.717) is 17.2 Å². The van der Waals surface area contributed by atoms with Crippen molar-refractivity contribution in [1.29, 1.82) is 0 Å². The van der Waals surface area contributed by atoms with Crippen molar-refractivity contribution < 1.29 is 24.2 Å². The molecule has 2 rings (SSSR count). The summed E-state index contributed by atoms with van der Waals surface area (Å²) >= 11 is 0. The lowest BCUT2D eigenvalue weighted by atomic mass is 10.2. The molecule has 0 aliphatic heterocycles. The average Bonchev–Trinajstić information content (AvgIpc) is 2.82. The van der Waals surface area contributed by atoms with Crippen LogP contribution in [0.2, 0.25) is 0 Å². The maximum Gasteiger partial charge on any atom is 0.325 e. The lowest BCUT2D eigenvalue weighted by molar-refractivity contribution is -0.138. The Balaban J connectivity index is 2.46. The number of carboxylic acid groups (broad SMARTS) is 1. The predicted molar refractivity (Wildman–Crippen MR) is 80.6 cm³/mol. The predicted octanol–water partition coefficient (Wildman–Crippen LogP) is 1.40. The fourth-order valence-corrected chi connectivity index (χ4v) is 2.21. The second-order valence-corrected chi connectivity index (χ2v) is 4.89. The molecule has 1 aromatic carbocycles. The lowest BCUT2D eigenvalue weighted by Gasteiger charge is -2.10. The Bertz CT molecular complexity index is 735. The van der Waals surface area contributed by atoms with Gasteiger partial charge in [-0.25, -0.2) is 0 Å². The van der Waals surface area contributed by atoms with Gasteiger partial charge in [0.1, 0.15) is 11.7 Å². The number of fused-ring (bicyclic) bond motifs is 1. The number of aromatic nitrogens is 1. The van der Waals surface area contributed by atoms with E-state index in [9.17, 15) is 9.59 Å². The summed E-state index contributed by atoms with van der Waals surface area (Å²) in [7, 11) is 4.80. The number of hydrogen-bond donors (Lipinski definition) is 2. The molecule has 7 nitrogen and oxygen atoms in total. The van der Waals surface area contributed by atoms with Crippen LogP contribution in [0.1, 0.15) is 17.4 Å². The molecule has 0 saturated carbocycles. The van der Waals surface area contributed by atoms with Crippen LogP contribution in [0.4, 0.5) is 0 Å². The van der Waals surface area contributed by atoms with Crippen LogP contribution in [0.3, 0.4) is 0 Å². The first-order chi connectivity index (χ1) is 10.4. The summed E-state index contributed by atoms with van der Waals surface area (Å²) in [6, 6.07) is 4.26. The number of nitrogens with one attached hydrogen (secondary N) is 1. The second kappa shape index (κ2) is 5.97. The first-order valence-electron chi connectivity index (χ1n) is 6.64. The number of rotatable bonds is 5. The Morgan fingerprint density at radius 1 is 1.18 bits per heavy atom. The van der Waals surface area contributed by atoms with Crippen molar-refractivity contribution in [1.82, 2.24) is 9.88 Å². The highest BCUT2D eigenvalue weighted by molar-refractivity contribution is 6.00. The van der Waals surface area contributed by atoms with Gasteiger partial charge in [-0.3, -0.25) is 9.59 Å². The van der Waals surface area contributed by atoms with E-state index in [1.54, 1.807) is 29.8 Å². The van der Waals surface area contributed by atoms with E-state index in [0.717, 1.165) is 10.9 Å². The summed E-state index contributed by atoms with van der Waals surface area (Å²) in [4.78, 5) is 23.0. The molecule has 1 heterocycles. The molecule has 2 N–H and O–H groups in total. The summed E-state index contributed by atoms with van der Waals surface area (Å²) in [5.41, 5.74) is 1.14. The quantitative estimate of drug-likeness (QED) is 0.871. The summed E-state index contributed by atoms with van der Waals surface area (Å²) < 4.78 is 12.2. The molecule has 0 radical (unpaired) electrons. The van der Waals surface area contributed by atoms with Gasteiger partial charge in [0.25, 0.3) is 5.91 Å². The summed E-state index contributed by atoms with van der Waals surface area (Å²) in [6.45, 7) is 1.41. The van der Waals surface area contributed by atoms with Crippen LogP contribution in [-0.2, 0) is 11.8 Å². The first-order valence-corrected chi connectivity index (χ1v) is 6.64. The molecule has 7 heteroatoms. The Morgan fingerprint density at radius 3 is 2.32 bits per heavy atom. The van der Waals surface area contributed by atoms with Crippen LogP contribution >= 0.6 is 0 Å². The van der Waals surface area contributed by atoms with Gasteiger partial charge < -0.3 is 24.5 Å². The largest absolute Gasteiger partial charge is 0.493 e. The van der Waals surface area contributed by atoms with Gasteiger partial charge in [-0.2, -0.15) is 0 Å². The van der Waals surface area contributed by atoms with E-state index < -0.39 is 17.9 Å². The minimum absolute atomic E-state index is 0.360. The standard InChI is InChI=1S/C15H18N2O5/c1-8(15(19)20)16-14(18)11-5-9-6-12(21-3)13(22-4)7-10(9)17(11)2/h5-8H,1-4H3,(H,16,18)(H,19,20). The molecule has 22 heavy (non-hydrogen) atoms. The fourth-order valence-electron chi connectivity index (χ4n) is 2.21. The zero-order valence-corrected chi connectivity index (χ0v) is 12.8. The third-order valence-electron chi connectivity index (χ3n) is 3.50. The number of benzene rings is 1. The normalized spacial score (nSPS) is 12.0.